The zero-order valence-corrected chi connectivity index (χ0v) is 15.7. The number of aromatic nitrogens is 1. The Hall–Kier alpha value is -2.68. The average Bonchev–Trinajstić information content (AvgIpc) is 2.94. The number of carbonyl (C=O) groups excluding carboxylic acids is 3. The van der Waals surface area contributed by atoms with Crippen molar-refractivity contribution < 1.29 is 19.1 Å². The van der Waals surface area contributed by atoms with Gasteiger partial charge in [0.2, 0.25) is 5.91 Å². The number of ether oxygens (including phenoxy) is 1. The topological polar surface area (TPSA) is 104 Å². The number of morpholine rings is 1. The van der Waals surface area contributed by atoms with Gasteiger partial charge in [-0.1, -0.05) is 13.8 Å². The highest BCUT2D eigenvalue weighted by molar-refractivity contribution is 6.10. The quantitative estimate of drug-likeness (QED) is 0.718. The maximum absolute atomic E-state index is 12.5. The smallest absolute Gasteiger partial charge is 0.325 e. The van der Waals surface area contributed by atoms with Crippen molar-refractivity contribution in [1.29, 1.82) is 0 Å². The van der Waals surface area contributed by atoms with E-state index in [4.69, 9.17) is 4.74 Å². The molecule has 0 bridgehead atoms. The van der Waals surface area contributed by atoms with E-state index in [1.165, 1.54) is 0 Å². The lowest BCUT2D eigenvalue weighted by Crippen LogP contribution is -2.46. The molecule has 2 aliphatic rings. The van der Waals surface area contributed by atoms with Crippen LogP contribution in [0, 0.1) is 0 Å². The molecule has 2 saturated heterocycles. The molecule has 0 aliphatic carbocycles. The number of rotatable bonds is 6. The molecule has 3 heterocycles. The predicted molar refractivity (Wildman–Crippen MR) is 99.5 cm³/mol. The lowest BCUT2D eigenvalue weighted by Gasteiger charge is -2.27. The van der Waals surface area contributed by atoms with Crippen molar-refractivity contribution in [2.24, 2.45) is 0 Å². The molecule has 1 aromatic rings. The Balaban J connectivity index is 1.59. The molecule has 0 unspecified atom stereocenters. The number of nitrogens with one attached hydrogen (secondary N) is 2. The van der Waals surface area contributed by atoms with Crippen LogP contribution >= 0.6 is 0 Å². The standard InChI is InChI=1S/C18H25N5O4/c1-3-18(4-2)16(25)23(17(26)21-18)12-15(24)20-13-5-6-14(19-11-13)22-7-9-27-10-8-22/h5-6,11H,3-4,7-10,12H2,1-2H3,(H,20,24)(H,21,26). The van der Waals surface area contributed by atoms with Crippen LogP contribution in [-0.4, -0.2) is 66.1 Å². The van der Waals surface area contributed by atoms with Crippen molar-refractivity contribution in [1.82, 2.24) is 15.2 Å². The van der Waals surface area contributed by atoms with Crippen molar-refractivity contribution in [3.8, 4) is 0 Å². The Morgan fingerprint density at radius 1 is 1.26 bits per heavy atom. The number of carbonyl (C=O) groups is 3. The van der Waals surface area contributed by atoms with E-state index in [0.29, 0.717) is 31.7 Å². The first-order chi connectivity index (χ1) is 13.0. The number of anilines is 2. The first-order valence-electron chi connectivity index (χ1n) is 9.22. The van der Waals surface area contributed by atoms with Crippen LogP contribution in [0.2, 0.25) is 0 Å². The van der Waals surface area contributed by atoms with E-state index in [1.54, 1.807) is 12.3 Å². The molecule has 3 rings (SSSR count). The van der Waals surface area contributed by atoms with Gasteiger partial charge in [-0.15, -0.1) is 0 Å². The normalized spacial score (nSPS) is 19.2. The van der Waals surface area contributed by atoms with E-state index in [2.05, 4.69) is 20.5 Å². The van der Waals surface area contributed by atoms with Crippen LogP contribution in [-0.2, 0) is 14.3 Å². The SMILES string of the molecule is CCC1(CC)NC(=O)N(CC(=O)Nc2ccc(N3CCOCC3)nc2)C1=O. The number of imide groups is 1. The minimum absolute atomic E-state index is 0.322. The van der Waals surface area contributed by atoms with Crippen molar-refractivity contribution in [2.75, 3.05) is 43.1 Å². The van der Waals surface area contributed by atoms with Crippen molar-refractivity contribution in [2.45, 2.75) is 32.2 Å². The van der Waals surface area contributed by atoms with Gasteiger partial charge in [-0.3, -0.25) is 14.5 Å². The predicted octanol–water partition coefficient (Wildman–Crippen LogP) is 0.967. The van der Waals surface area contributed by atoms with Crippen molar-refractivity contribution in [3.63, 3.8) is 0 Å². The summed E-state index contributed by atoms with van der Waals surface area (Å²) in [6.07, 6.45) is 2.54. The highest BCUT2D eigenvalue weighted by Crippen LogP contribution is 2.24. The van der Waals surface area contributed by atoms with Gasteiger partial charge >= 0.3 is 6.03 Å². The van der Waals surface area contributed by atoms with Gasteiger partial charge in [-0.05, 0) is 25.0 Å². The molecule has 27 heavy (non-hydrogen) atoms. The molecule has 0 radical (unpaired) electrons. The second-order valence-electron chi connectivity index (χ2n) is 6.66. The third kappa shape index (κ3) is 3.87. The van der Waals surface area contributed by atoms with Gasteiger partial charge in [0.1, 0.15) is 17.9 Å². The molecule has 2 fully saturated rings. The minimum atomic E-state index is -0.904. The average molecular weight is 375 g/mol. The Kier molecular flexibility index (Phi) is 5.59. The van der Waals surface area contributed by atoms with Crippen LogP contribution in [0.25, 0.3) is 0 Å². The molecule has 2 aliphatic heterocycles. The summed E-state index contributed by atoms with van der Waals surface area (Å²) in [7, 11) is 0. The van der Waals surface area contributed by atoms with Crippen LogP contribution in [0.5, 0.6) is 0 Å². The molecule has 9 nitrogen and oxygen atoms in total. The van der Waals surface area contributed by atoms with E-state index in [9.17, 15) is 14.4 Å². The first kappa shape index (κ1) is 19.1. The van der Waals surface area contributed by atoms with Crippen LogP contribution in [0.1, 0.15) is 26.7 Å². The molecule has 0 spiro atoms. The molecule has 4 amide bonds. The van der Waals surface area contributed by atoms with E-state index in [0.717, 1.165) is 23.8 Å². The van der Waals surface area contributed by atoms with Crippen LogP contribution < -0.4 is 15.5 Å². The molecule has 0 aromatic carbocycles. The summed E-state index contributed by atoms with van der Waals surface area (Å²) < 4.78 is 5.32. The van der Waals surface area contributed by atoms with Crippen LogP contribution in [0.4, 0.5) is 16.3 Å². The highest BCUT2D eigenvalue weighted by Gasteiger charge is 2.49. The number of amides is 4. The Morgan fingerprint density at radius 2 is 1.96 bits per heavy atom. The van der Waals surface area contributed by atoms with Crippen LogP contribution in [0.15, 0.2) is 18.3 Å². The summed E-state index contributed by atoms with van der Waals surface area (Å²) in [5, 5.41) is 5.39. The molecule has 1 aromatic heterocycles. The number of pyridine rings is 1. The second-order valence-corrected chi connectivity index (χ2v) is 6.66. The summed E-state index contributed by atoms with van der Waals surface area (Å²) in [5.41, 5.74) is -0.389. The third-order valence-corrected chi connectivity index (χ3v) is 5.12. The summed E-state index contributed by atoms with van der Waals surface area (Å²) in [4.78, 5) is 44.4. The summed E-state index contributed by atoms with van der Waals surface area (Å²) in [6, 6.07) is 3.05. The fourth-order valence-corrected chi connectivity index (χ4v) is 3.33. The van der Waals surface area contributed by atoms with Gasteiger partial charge in [-0.25, -0.2) is 9.78 Å². The molecule has 0 saturated carbocycles. The lowest BCUT2D eigenvalue weighted by atomic mass is 9.93. The molecule has 146 valence electrons. The molecule has 9 heteroatoms. The summed E-state index contributed by atoms with van der Waals surface area (Å²) in [5.74, 6) is 0.0249. The lowest BCUT2D eigenvalue weighted by molar-refractivity contribution is -0.134. The molecular weight excluding hydrogens is 350 g/mol. The number of urea groups is 1. The molecule has 0 atom stereocenters. The van der Waals surface area contributed by atoms with Gasteiger partial charge in [0.05, 0.1) is 25.1 Å². The highest BCUT2D eigenvalue weighted by atomic mass is 16.5. The first-order valence-corrected chi connectivity index (χ1v) is 9.22. The van der Waals surface area contributed by atoms with Crippen molar-refractivity contribution in [3.05, 3.63) is 18.3 Å². The van der Waals surface area contributed by atoms with E-state index >= 15 is 0 Å². The third-order valence-electron chi connectivity index (χ3n) is 5.12. The number of nitrogens with zero attached hydrogens (tertiary/aromatic N) is 3. The van der Waals surface area contributed by atoms with E-state index in [-0.39, 0.29) is 12.5 Å². The number of hydrogen-bond donors (Lipinski definition) is 2. The number of hydrogen-bond acceptors (Lipinski definition) is 6. The van der Waals surface area contributed by atoms with Gasteiger partial charge in [-0.2, -0.15) is 0 Å². The second kappa shape index (κ2) is 7.91. The largest absolute Gasteiger partial charge is 0.378 e. The van der Waals surface area contributed by atoms with Gasteiger partial charge in [0, 0.05) is 13.1 Å². The zero-order valence-electron chi connectivity index (χ0n) is 15.7. The van der Waals surface area contributed by atoms with Crippen LogP contribution in [0.3, 0.4) is 0 Å². The maximum Gasteiger partial charge on any atom is 0.325 e. The monoisotopic (exact) mass is 375 g/mol. The fourth-order valence-electron chi connectivity index (χ4n) is 3.33. The zero-order chi connectivity index (χ0) is 19.4. The Labute approximate surface area is 158 Å². The molecular formula is C18H25N5O4. The van der Waals surface area contributed by atoms with Gasteiger partial charge in [0.15, 0.2) is 0 Å². The van der Waals surface area contributed by atoms with E-state index < -0.39 is 17.5 Å². The summed E-state index contributed by atoms with van der Waals surface area (Å²) >= 11 is 0. The maximum atomic E-state index is 12.5. The van der Waals surface area contributed by atoms with Crippen molar-refractivity contribution >= 4 is 29.4 Å². The fraction of sp³-hybridized carbons (Fsp3) is 0.556. The van der Waals surface area contributed by atoms with Gasteiger partial charge in [0.25, 0.3) is 5.91 Å². The molecule has 2 N–H and O–H groups in total. The summed E-state index contributed by atoms with van der Waals surface area (Å²) in [6.45, 7) is 6.26. The Bertz CT molecular complexity index is 711. The van der Waals surface area contributed by atoms with E-state index in [1.807, 2.05) is 19.9 Å². The Morgan fingerprint density at radius 3 is 2.52 bits per heavy atom. The minimum Gasteiger partial charge on any atom is -0.378 e. The van der Waals surface area contributed by atoms with Gasteiger partial charge < -0.3 is 20.3 Å².